The number of rotatable bonds is 8. The van der Waals surface area contributed by atoms with E-state index in [1.54, 1.807) is 24.6 Å². The minimum atomic E-state index is -0.515. The van der Waals surface area contributed by atoms with Gasteiger partial charge >= 0.3 is 0 Å². The van der Waals surface area contributed by atoms with Crippen molar-refractivity contribution >= 4 is 23.4 Å². The number of amides is 1. The Kier molecular flexibility index (Phi) is 7.59. The molecule has 0 bridgehead atoms. The number of aliphatic hydroxyl groups is 1. The molecule has 0 saturated heterocycles. The van der Waals surface area contributed by atoms with Crippen molar-refractivity contribution in [3.63, 3.8) is 0 Å². The van der Waals surface area contributed by atoms with Gasteiger partial charge in [0.2, 0.25) is 11.9 Å². The fourth-order valence-electron chi connectivity index (χ4n) is 3.40. The Morgan fingerprint density at radius 2 is 1.79 bits per heavy atom. The van der Waals surface area contributed by atoms with Gasteiger partial charge in [-0.25, -0.2) is 4.99 Å². The van der Waals surface area contributed by atoms with Crippen LogP contribution in [-0.2, 0) is 30.8 Å². The van der Waals surface area contributed by atoms with Crippen molar-refractivity contribution in [2.24, 2.45) is 27.2 Å². The van der Waals surface area contributed by atoms with Crippen molar-refractivity contribution in [2.75, 3.05) is 0 Å². The van der Waals surface area contributed by atoms with E-state index in [9.17, 15) is 15.0 Å². The van der Waals surface area contributed by atoms with Gasteiger partial charge in [0, 0.05) is 12.2 Å². The zero-order valence-corrected chi connectivity index (χ0v) is 19.1. The van der Waals surface area contributed by atoms with Gasteiger partial charge in [-0.15, -0.1) is 0 Å². The second kappa shape index (κ2) is 10.6. The van der Waals surface area contributed by atoms with Crippen LogP contribution in [0.5, 0.6) is 5.75 Å². The van der Waals surface area contributed by atoms with E-state index in [-0.39, 0.29) is 36.3 Å². The van der Waals surface area contributed by atoms with E-state index in [1.165, 1.54) is 6.20 Å². The van der Waals surface area contributed by atoms with E-state index in [0.29, 0.717) is 35.6 Å². The van der Waals surface area contributed by atoms with Crippen molar-refractivity contribution < 1.29 is 15.0 Å². The van der Waals surface area contributed by atoms with Crippen LogP contribution in [0.25, 0.3) is 0 Å². The summed E-state index contributed by atoms with van der Waals surface area (Å²) in [5.41, 5.74) is 21.6. The summed E-state index contributed by atoms with van der Waals surface area (Å²) in [7, 11) is 0. The minimum Gasteiger partial charge on any atom is -0.504 e. The SMILES string of the molecule is Cc1cc(CC(N)=O)c(N=C(N)/N=C(\N)c2c(O)c(C)nn2CCc2ccc(CO)cc2)cn1. The van der Waals surface area contributed by atoms with Crippen molar-refractivity contribution in [2.45, 2.75) is 39.8 Å². The number of aliphatic hydroxyl groups excluding tert-OH is 1. The number of aromatic nitrogens is 3. The molecule has 2 heterocycles. The average Bonchev–Trinajstić information content (AvgIpc) is 3.07. The minimum absolute atomic E-state index is 0.0186. The molecular weight excluding hydrogens is 436 g/mol. The molecule has 0 radical (unpaired) electrons. The maximum atomic E-state index is 11.4. The molecular formula is C23H28N8O3. The third kappa shape index (κ3) is 5.95. The van der Waals surface area contributed by atoms with Crippen LogP contribution in [0.4, 0.5) is 5.69 Å². The fourth-order valence-corrected chi connectivity index (χ4v) is 3.40. The zero-order chi connectivity index (χ0) is 24.8. The monoisotopic (exact) mass is 464 g/mol. The number of amidine groups is 1. The van der Waals surface area contributed by atoms with Crippen LogP contribution in [0.15, 0.2) is 46.5 Å². The highest BCUT2D eigenvalue weighted by Crippen LogP contribution is 2.23. The smallest absolute Gasteiger partial charge is 0.222 e. The number of carbonyl (C=O) groups excluding carboxylic acids is 1. The van der Waals surface area contributed by atoms with Gasteiger partial charge in [-0.05, 0) is 43.0 Å². The van der Waals surface area contributed by atoms with Gasteiger partial charge in [0.1, 0.15) is 11.4 Å². The molecule has 1 aromatic carbocycles. The van der Waals surface area contributed by atoms with Gasteiger partial charge in [0.25, 0.3) is 0 Å². The number of nitrogens with zero attached hydrogens (tertiary/aromatic N) is 5. The van der Waals surface area contributed by atoms with E-state index >= 15 is 0 Å². The largest absolute Gasteiger partial charge is 0.504 e. The molecule has 3 rings (SSSR count). The van der Waals surface area contributed by atoms with E-state index in [1.807, 2.05) is 24.3 Å². The van der Waals surface area contributed by atoms with Crippen LogP contribution in [-0.4, -0.2) is 42.7 Å². The van der Waals surface area contributed by atoms with Crippen LogP contribution in [0, 0.1) is 13.8 Å². The van der Waals surface area contributed by atoms with Crippen LogP contribution >= 0.6 is 0 Å². The number of aliphatic imine (C=N–C) groups is 2. The Hall–Kier alpha value is -4.25. The number of nitrogens with two attached hydrogens (primary N) is 3. The summed E-state index contributed by atoms with van der Waals surface area (Å²) in [6.07, 6.45) is 2.06. The zero-order valence-electron chi connectivity index (χ0n) is 19.1. The van der Waals surface area contributed by atoms with Crippen LogP contribution < -0.4 is 17.2 Å². The summed E-state index contributed by atoms with van der Waals surface area (Å²) in [6, 6.07) is 9.23. The fraction of sp³-hybridized carbons (Fsp3) is 0.261. The van der Waals surface area contributed by atoms with Gasteiger partial charge < -0.3 is 27.4 Å². The highest BCUT2D eigenvalue weighted by atomic mass is 16.3. The third-order valence-corrected chi connectivity index (χ3v) is 5.09. The quantitative estimate of drug-likeness (QED) is 0.239. The van der Waals surface area contributed by atoms with Crippen LogP contribution in [0.1, 0.15) is 33.8 Å². The van der Waals surface area contributed by atoms with Crippen LogP contribution in [0.2, 0.25) is 0 Å². The van der Waals surface area contributed by atoms with E-state index in [0.717, 1.165) is 11.1 Å². The van der Waals surface area contributed by atoms with Crippen molar-refractivity contribution in [3.05, 3.63) is 70.3 Å². The molecule has 3 aromatic rings. The Bertz CT molecular complexity index is 1250. The molecule has 0 spiro atoms. The topological polar surface area (TPSA) is 191 Å². The first kappa shape index (κ1) is 24.4. The standard InChI is InChI=1S/C23H28N8O3/c1-13-9-17(10-19(24)33)18(11-27-13)28-23(26)29-22(25)20-21(34)14(2)30-31(20)8-7-15-3-5-16(12-32)6-4-15/h3-6,9,11,32,34H,7-8,10,12H2,1-2H3,(H2,24,33)(H4,25,26,28,29). The predicted molar refractivity (Wildman–Crippen MR) is 129 cm³/mol. The first-order chi connectivity index (χ1) is 16.2. The molecule has 1 amide bonds. The number of guanidine groups is 1. The van der Waals surface area contributed by atoms with Gasteiger partial charge in [-0.3, -0.25) is 14.5 Å². The number of benzene rings is 1. The first-order valence-corrected chi connectivity index (χ1v) is 10.6. The average molecular weight is 465 g/mol. The Balaban J connectivity index is 1.86. The lowest BCUT2D eigenvalue weighted by molar-refractivity contribution is -0.117. The summed E-state index contributed by atoms with van der Waals surface area (Å²) < 4.78 is 1.56. The van der Waals surface area contributed by atoms with Crippen molar-refractivity contribution in [1.82, 2.24) is 14.8 Å². The number of aromatic hydroxyl groups is 1. The highest BCUT2D eigenvalue weighted by Gasteiger charge is 2.18. The second-order valence-corrected chi connectivity index (χ2v) is 7.79. The summed E-state index contributed by atoms with van der Waals surface area (Å²) in [5, 5.41) is 24.1. The van der Waals surface area contributed by atoms with Crippen molar-refractivity contribution in [3.8, 4) is 5.75 Å². The summed E-state index contributed by atoms with van der Waals surface area (Å²) in [6.45, 7) is 3.84. The molecule has 0 saturated carbocycles. The number of hydrogen-bond acceptors (Lipinski definition) is 6. The maximum Gasteiger partial charge on any atom is 0.222 e. The normalized spacial score (nSPS) is 12.2. The molecule has 2 aromatic heterocycles. The third-order valence-electron chi connectivity index (χ3n) is 5.09. The van der Waals surface area contributed by atoms with Gasteiger partial charge in [-0.1, -0.05) is 24.3 Å². The molecule has 11 heteroatoms. The predicted octanol–water partition coefficient (Wildman–Crippen LogP) is 0.715. The molecule has 0 unspecified atom stereocenters. The lowest BCUT2D eigenvalue weighted by atomic mass is 10.1. The Morgan fingerprint density at radius 3 is 2.44 bits per heavy atom. The number of carbonyl (C=O) groups is 1. The van der Waals surface area contributed by atoms with Crippen LogP contribution in [0.3, 0.4) is 0 Å². The van der Waals surface area contributed by atoms with Gasteiger partial charge in [0.05, 0.1) is 24.9 Å². The Morgan fingerprint density at radius 1 is 1.12 bits per heavy atom. The number of hydrogen-bond donors (Lipinski definition) is 5. The molecule has 11 nitrogen and oxygen atoms in total. The summed E-state index contributed by atoms with van der Waals surface area (Å²) >= 11 is 0. The molecule has 0 atom stereocenters. The van der Waals surface area contributed by atoms with Crippen molar-refractivity contribution in [1.29, 1.82) is 0 Å². The highest BCUT2D eigenvalue weighted by molar-refractivity contribution is 6.05. The summed E-state index contributed by atoms with van der Waals surface area (Å²) in [4.78, 5) is 23.9. The molecule has 0 aliphatic heterocycles. The molecule has 178 valence electrons. The molecule has 34 heavy (non-hydrogen) atoms. The lowest BCUT2D eigenvalue weighted by Crippen LogP contribution is -2.23. The van der Waals surface area contributed by atoms with E-state index < -0.39 is 5.91 Å². The number of pyridine rings is 1. The summed E-state index contributed by atoms with van der Waals surface area (Å²) in [5.74, 6) is -0.861. The molecule has 0 aliphatic rings. The van der Waals surface area contributed by atoms with Gasteiger partial charge in [-0.2, -0.15) is 10.1 Å². The lowest BCUT2D eigenvalue weighted by Gasteiger charge is -2.09. The molecule has 8 N–H and O–H groups in total. The second-order valence-electron chi connectivity index (χ2n) is 7.79. The number of primary amides is 1. The van der Waals surface area contributed by atoms with E-state index in [4.69, 9.17) is 17.2 Å². The first-order valence-electron chi connectivity index (χ1n) is 10.6. The molecule has 0 aliphatic carbocycles. The molecule has 0 fully saturated rings. The number of aryl methyl sites for hydroxylation is 4. The van der Waals surface area contributed by atoms with E-state index in [2.05, 4.69) is 20.1 Å². The Labute approximate surface area is 196 Å². The maximum absolute atomic E-state index is 11.4. The van der Waals surface area contributed by atoms with Gasteiger partial charge in [0.15, 0.2) is 11.6 Å².